The Balaban J connectivity index is 1.64. The van der Waals surface area contributed by atoms with Gasteiger partial charge in [0.15, 0.2) is 0 Å². The number of benzene rings is 1. The maximum atomic E-state index is 13.1. The van der Waals surface area contributed by atoms with Gasteiger partial charge in [0.25, 0.3) is 0 Å². The van der Waals surface area contributed by atoms with E-state index >= 15 is 0 Å². The number of sulfonamides is 1. The number of hydrogen-bond donors (Lipinski definition) is 0. The minimum absolute atomic E-state index is 0.00174. The molecule has 2 aromatic rings. The molecule has 1 aromatic heterocycles. The number of carbonyl (C=O) groups is 1. The lowest BCUT2D eigenvalue weighted by atomic mass is 9.96. The van der Waals surface area contributed by atoms with Gasteiger partial charge in [0, 0.05) is 38.9 Å². The zero-order valence-corrected chi connectivity index (χ0v) is 18.3. The summed E-state index contributed by atoms with van der Waals surface area (Å²) in [6, 6.07) is 13.5. The molecule has 1 aliphatic rings. The van der Waals surface area contributed by atoms with Crippen molar-refractivity contribution < 1.29 is 17.9 Å². The quantitative estimate of drug-likeness (QED) is 0.620. The fourth-order valence-corrected chi connectivity index (χ4v) is 5.08. The molecule has 0 saturated carbocycles. The molecule has 1 saturated heterocycles. The van der Waals surface area contributed by atoms with E-state index in [9.17, 15) is 13.2 Å². The van der Waals surface area contributed by atoms with Gasteiger partial charge in [0.05, 0.1) is 35.4 Å². The highest BCUT2D eigenvalue weighted by molar-refractivity contribution is 7.89. The number of methoxy groups -OCH3 is 1. The first-order valence-corrected chi connectivity index (χ1v) is 11.6. The summed E-state index contributed by atoms with van der Waals surface area (Å²) < 4.78 is 32.4. The van der Waals surface area contributed by atoms with E-state index in [0.29, 0.717) is 38.1 Å². The largest absolute Gasteiger partial charge is 0.383 e. The molecule has 31 heavy (non-hydrogen) atoms. The van der Waals surface area contributed by atoms with Crippen LogP contribution in [0.25, 0.3) is 0 Å². The van der Waals surface area contributed by atoms with Gasteiger partial charge in [-0.25, -0.2) is 8.42 Å². The van der Waals surface area contributed by atoms with Gasteiger partial charge in [0.2, 0.25) is 15.9 Å². The van der Waals surface area contributed by atoms with Crippen molar-refractivity contribution in [2.24, 2.45) is 5.92 Å². The maximum absolute atomic E-state index is 13.1. The third-order valence-electron chi connectivity index (χ3n) is 5.38. The van der Waals surface area contributed by atoms with Crippen LogP contribution in [-0.2, 0) is 26.1 Å². The predicted molar refractivity (Wildman–Crippen MR) is 114 cm³/mol. The third kappa shape index (κ3) is 5.67. The van der Waals surface area contributed by atoms with Crippen LogP contribution in [0, 0.1) is 17.2 Å². The maximum Gasteiger partial charge on any atom is 0.243 e. The molecule has 0 N–H and O–H groups in total. The molecule has 164 valence electrons. The average Bonchev–Trinajstić information content (AvgIpc) is 2.82. The molecule has 0 radical (unpaired) electrons. The number of rotatable bonds is 8. The molecular formula is C22H26N4O4S. The van der Waals surface area contributed by atoms with E-state index in [1.807, 2.05) is 24.3 Å². The monoisotopic (exact) mass is 442 g/mol. The van der Waals surface area contributed by atoms with Gasteiger partial charge in [-0.3, -0.25) is 9.78 Å². The molecular weight excluding hydrogens is 416 g/mol. The Labute approximate surface area is 183 Å². The van der Waals surface area contributed by atoms with E-state index in [1.54, 1.807) is 18.2 Å². The smallest absolute Gasteiger partial charge is 0.243 e. The van der Waals surface area contributed by atoms with Gasteiger partial charge in [-0.1, -0.05) is 6.07 Å². The number of aromatic nitrogens is 1. The minimum Gasteiger partial charge on any atom is -0.383 e. The second kappa shape index (κ2) is 10.5. The van der Waals surface area contributed by atoms with Crippen LogP contribution in [0.2, 0.25) is 0 Å². The summed E-state index contributed by atoms with van der Waals surface area (Å²) >= 11 is 0. The molecule has 0 bridgehead atoms. The van der Waals surface area contributed by atoms with Gasteiger partial charge in [-0.15, -0.1) is 0 Å². The Bertz CT molecular complexity index is 1010. The summed E-state index contributed by atoms with van der Waals surface area (Å²) in [5.74, 6) is -0.244. The Morgan fingerprint density at radius 3 is 2.52 bits per heavy atom. The molecule has 3 rings (SSSR count). The first-order valence-electron chi connectivity index (χ1n) is 10.1. The Morgan fingerprint density at radius 2 is 1.94 bits per heavy atom. The van der Waals surface area contributed by atoms with Crippen LogP contribution in [0.5, 0.6) is 0 Å². The zero-order chi connectivity index (χ0) is 22.3. The Kier molecular flexibility index (Phi) is 7.74. The lowest BCUT2D eigenvalue weighted by molar-refractivity contribution is -0.138. The van der Waals surface area contributed by atoms with E-state index < -0.39 is 10.0 Å². The van der Waals surface area contributed by atoms with Crippen molar-refractivity contribution in [1.82, 2.24) is 14.2 Å². The molecule has 8 nitrogen and oxygen atoms in total. The molecule has 0 atom stereocenters. The van der Waals surface area contributed by atoms with Gasteiger partial charge >= 0.3 is 0 Å². The van der Waals surface area contributed by atoms with E-state index in [2.05, 4.69) is 4.98 Å². The fraction of sp³-hybridized carbons (Fsp3) is 0.409. The second-order valence-electron chi connectivity index (χ2n) is 7.39. The lowest BCUT2D eigenvalue weighted by Crippen LogP contribution is -2.45. The Morgan fingerprint density at radius 1 is 1.23 bits per heavy atom. The summed E-state index contributed by atoms with van der Waals surface area (Å²) in [5.41, 5.74) is 1.21. The van der Waals surface area contributed by atoms with Crippen molar-refractivity contribution >= 4 is 15.9 Å². The minimum atomic E-state index is -3.65. The van der Waals surface area contributed by atoms with Crippen LogP contribution in [0.15, 0.2) is 53.6 Å². The molecule has 0 spiro atoms. The molecule has 1 fully saturated rings. The third-order valence-corrected chi connectivity index (χ3v) is 7.29. The lowest BCUT2D eigenvalue weighted by Gasteiger charge is -2.33. The number of piperidine rings is 1. The van der Waals surface area contributed by atoms with Crippen molar-refractivity contribution in [3.8, 4) is 6.07 Å². The molecule has 0 aliphatic carbocycles. The normalized spacial score (nSPS) is 15.4. The highest BCUT2D eigenvalue weighted by Gasteiger charge is 2.33. The molecule has 2 heterocycles. The first kappa shape index (κ1) is 22.9. The summed E-state index contributed by atoms with van der Waals surface area (Å²) in [6.07, 6.45) is 2.61. The Hall–Kier alpha value is -2.80. The number of amides is 1. The molecule has 1 aliphatic heterocycles. The van der Waals surface area contributed by atoms with Crippen molar-refractivity contribution in [3.63, 3.8) is 0 Å². The van der Waals surface area contributed by atoms with Crippen LogP contribution in [-0.4, -0.2) is 61.9 Å². The molecule has 1 amide bonds. The van der Waals surface area contributed by atoms with Crippen LogP contribution < -0.4 is 0 Å². The number of nitriles is 1. The van der Waals surface area contributed by atoms with Gasteiger partial charge in [0.1, 0.15) is 0 Å². The molecule has 1 aromatic carbocycles. The van der Waals surface area contributed by atoms with E-state index in [0.717, 1.165) is 5.69 Å². The summed E-state index contributed by atoms with van der Waals surface area (Å²) in [7, 11) is -2.06. The van der Waals surface area contributed by atoms with Crippen molar-refractivity contribution in [3.05, 3.63) is 59.9 Å². The van der Waals surface area contributed by atoms with Crippen LogP contribution in [0.4, 0.5) is 0 Å². The van der Waals surface area contributed by atoms with Crippen LogP contribution >= 0.6 is 0 Å². The number of hydrogen-bond acceptors (Lipinski definition) is 6. The number of nitrogens with zero attached hydrogens (tertiary/aromatic N) is 4. The fourth-order valence-electron chi connectivity index (χ4n) is 3.61. The number of ether oxygens (including phenoxy) is 1. The highest BCUT2D eigenvalue weighted by Crippen LogP contribution is 2.25. The number of pyridine rings is 1. The summed E-state index contributed by atoms with van der Waals surface area (Å²) in [4.78, 5) is 19.3. The molecule has 9 heteroatoms. The predicted octanol–water partition coefficient (Wildman–Crippen LogP) is 2.03. The van der Waals surface area contributed by atoms with E-state index in [4.69, 9.17) is 10.00 Å². The van der Waals surface area contributed by atoms with E-state index in [1.165, 1.54) is 28.6 Å². The topological polar surface area (TPSA) is 104 Å². The molecule has 0 unspecified atom stereocenters. The first-order chi connectivity index (χ1) is 15.0. The second-order valence-corrected chi connectivity index (χ2v) is 9.33. The highest BCUT2D eigenvalue weighted by atomic mass is 32.2. The van der Waals surface area contributed by atoms with Crippen LogP contribution in [0.1, 0.15) is 24.1 Å². The van der Waals surface area contributed by atoms with Crippen molar-refractivity contribution in [1.29, 1.82) is 5.26 Å². The van der Waals surface area contributed by atoms with Crippen molar-refractivity contribution in [2.75, 3.05) is 33.4 Å². The van der Waals surface area contributed by atoms with Gasteiger partial charge in [-0.2, -0.15) is 9.57 Å². The van der Waals surface area contributed by atoms with E-state index in [-0.39, 0.29) is 29.8 Å². The summed E-state index contributed by atoms with van der Waals surface area (Å²) in [6.45, 7) is 1.83. The average molecular weight is 443 g/mol. The summed E-state index contributed by atoms with van der Waals surface area (Å²) in [5, 5.41) is 8.90. The standard InChI is InChI=1S/C22H26N4O4S/c1-30-15-14-25(17-20-4-2-3-11-24-20)22(27)19-9-12-26(13-10-19)31(28,29)21-7-5-18(16-23)6-8-21/h2-8,11,19H,9-10,12-15,17H2,1H3. The zero-order valence-electron chi connectivity index (χ0n) is 17.5. The van der Waals surface area contributed by atoms with Crippen molar-refractivity contribution in [2.45, 2.75) is 24.3 Å². The SMILES string of the molecule is COCCN(Cc1ccccn1)C(=O)C1CCN(S(=O)(=O)c2ccc(C#N)cc2)CC1. The number of carbonyl (C=O) groups excluding carboxylic acids is 1. The van der Waals surface area contributed by atoms with Crippen LogP contribution in [0.3, 0.4) is 0 Å². The van der Waals surface area contributed by atoms with Gasteiger partial charge < -0.3 is 9.64 Å². The van der Waals surface area contributed by atoms with Gasteiger partial charge in [-0.05, 0) is 49.2 Å².